The maximum absolute atomic E-state index is 11.1. The van der Waals surface area contributed by atoms with Crippen LogP contribution in [-0.4, -0.2) is 27.5 Å². The third kappa shape index (κ3) is 1.04. The average molecular weight is 172 g/mol. The minimum atomic E-state index is -0.932. The van der Waals surface area contributed by atoms with Crippen molar-refractivity contribution in [1.82, 2.24) is 14.3 Å². The van der Waals surface area contributed by atoms with Gasteiger partial charge in [-0.1, -0.05) is 0 Å². The van der Waals surface area contributed by atoms with Gasteiger partial charge in [0.05, 0.1) is 7.11 Å². The molecule has 1 aromatic rings. The van der Waals surface area contributed by atoms with Crippen molar-refractivity contribution >= 4 is 6.03 Å². The summed E-state index contributed by atoms with van der Waals surface area (Å²) in [5.41, 5.74) is 4.22. The van der Waals surface area contributed by atoms with Gasteiger partial charge in [0.15, 0.2) is 0 Å². The van der Waals surface area contributed by atoms with Crippen LogP contribution in [0.3, 0.4) is 0 Å². The SMILES string of the molecule is COc1nn(C(N)=O)c(=O)n1C. The Morgan fingerprint density at radius 2 is 2.25 bits per heavy atom. The Morgan fingerprint density at radius 1 is 1.67 bits per heavy atom. The smallest absolute Gasteiger partial charge is 0.357 e. The lowest BCUT2D eigenvalue weighted by atomic mass is 11.0. The molecule has 7 nitrogen and oxygen atoms in total. The Kier molecular flexibility index (Phi) is 1.86. The minimum Gasteiger partial charge on any atom is -0.467 e. The van der Waals surface area contributed by atoms with E-state index in [1.54, 1.807) is 0 Å². The highest BCUT2D eigenvalue weighted by molar-refractivity contribution is 5.73. The van der Waals surface area contributed by atoms with E-state index in [-0.39, 0.29) is 6.01 Å². The zero-order valence-corrected chi connectivity index (χ0v) is 6.64. The summed E-state index contributed by atoms with van der Waals surface area (Å²) in [4.78, 5) is 21.6. The van der Waals surface area contributed by atoms with Crippen molar-refractivity contribution in [3.63, 3.8) is 0 Å². The van der Waals surface area contributed by atoms with E-state index >= 15 is 0 Å². The predicted octanol–water partition coefficient (Wildman–Crippen LogP) is -1.48. The van der Waals surface area contributed by atoms with Crippen molar-refractivity contribution in [2.45, 2.75) is 0 Å². The van der Waals surface area contributed by atoms with E-state index in [0.717, 1.165) is 4.57 Å². The van der Waals surface area contributed by atoms with Crippen molar-refractivity contribution in [3.8, 4) is 6.01 Å². The molecule has 0 spiro atoms. The van der Waals surface area contributed by atoms with E-state index in [1.165, 1.54) is 14.2 Å². The Labute approximate surface area is 67.3 Å². The van der Waals surface area contributed by atoms with Crippen LogP contribution >= 0.6 is 0 Å². The quantitative estimate of drug-likeness (QED) is 0.559. The van der Waals surface area contributed by atoms with E-state index < -0.39 is 11.7 Å². The van der Waals surface area contributed by atoms with E-state index in [4.69, 9.17) is 5.73 Å². The van der Waals surface area contributed by atoms with Gasteiger partial charge < -0.3 is 10.5 Å². The molecule has 12 heavy (non-hydrogen) atoms. The second-order valence-electron chi connectivity index (χ2n) is 2.08. The normalized spacial score (nSPS) is 9.83. The van der Waals surface area contributed by atoms with Gasteiger partial charge in [0.1, 0.15) is 0 Å². The molecule has 7 heteroatoms. The topological polar surface area (TPSA) is 92.1 Å². The number of ether oxygens (including phenoxy) is 1. The summed E-state index contributed by atoms with van der Waals surface area (Å²) < 4.78 is 6.28. The second-order valence-corrected chi connectivity index (χ2v) is 2.08. The van der Waals surface area contributed by atoms with Crippen molar-refractivity contribution in [2.75, 3.05) is 7.11 Å². The van der Waals surface area contributed by atoms with Gasteiger partial charge in [-0.3, -0.25) is 0 Å². The lowest BCUT2D eigenvalue weighted by molar-refractivity contribution is 0.246. The number of rotatable bonds is 1. The fraction of sp³-hybridized carbons (Fsp3) is 0.400. The van der Waals surface area contributed by atoms with E-state index in [0.29, 0.717) is 4.68 Å². The van der Waals surface area contributed by atoms with Gasteiger partial charge in [0, 0.05) is 7.05 Å². The number of primary amides is 1. The van der Waals surface area contributed by atoms with E-state index in [1.807, 2.05) is 0 Å². The van der Waals surface area contributed by atoms with Crippen LogP contribution < -0.4 is 16.2 Å². The number of nitrogens with two attached hydrogens (primary N) is 1. The maximum Gasteiger partial charge on any atom is 0.357 e. The number of hydrogen-bond donors (Lipinski definition) is 1. The largest absolute Gasteiger partial charge is 0.467 e. The van der Waals surface area contributed by atoms with Crippen molar-refractivity contribution < 1.29 is 9.53 Å². The zero-order chi connectivity index (χ0) is 9.30. The molecule has 0 saturated carbocycles. The van der Waals surface area contributed by atoms with Crippen molar-refractivity contribution in [1.29, 1.82) is 0 Å². The highest BCUT2D eigenvalue weighted by Crippen LogP contribution is 1.97. The van der Waals surface area contributed by atoms with Crippen LogP contribution in [0.15, 0.2) is 4.79 Å². The molecule has 2 N–H and O–H groups in total. The van der Waals surface area contributed by atoms with Gasteiger partial charge in [-0.25, -0.2) is 14.2 Å². The number of carbonyl (C=O) groups excluding carboxylic acids is 1. The van der Waals surface area contributed by atoms with Crippen LogP contribution in [0.25, 0.3) is 0 Å². The van der Waals surface area contributed by atoms with Gasteiger partial charge in [0.25, 0.3) is 0 Å². The molecule has 0 bridgehead atoms. The van der Waals surface area contributed by atoms with Crippen LogP contribution in [0.1, 0.15) is 0 Å². The molecule has 0 fully saturated rings. The molecule has 0 aliphatic rings. The van der Waals surface area contributed by atoms with Gasteiger partial charge in [-0.05, 0) is 0 Å². The molecule has 1 heterocycles. The number of carbonyl (C=O) groups is 1. The van der Waals surface area contributed by atoms with Crippen LogP contribution in [0.4, 0.5) is 4.79 Å². The molecule has 0 unspecified atom stereocenters. The Morgan fingerprint density at radius 3 is 2.50 bits per heavy atom. The summed E-state index contributed by atoms with van der Waals surface area (Å²) in [6.45, 7) is 0. The Hall–Kier alpha value is -1.79. The molecule has 0 aliphatic carbocycles. The van der Waals surface area contributed by atoms with Crippen LogP contribution in [0, 0.1) is 0 Å². The molecule has 0 aliphatic heterocycles. The predicted molar refractivity (Wildman–Crippen MR) is 39.0 cm³/mol. The number of methoxy groups -OCH3 is 1. The first-order valence-corrected chi connectivity index (χ1v) is 3.07. The molecule has 1 rings (SSSR count). The fourth-order valence-corrected chi connectivity index (χ4v) is 0.741. The van der Waals surface area contributed by atoms with Gasteiger partial charge in [0.2, 0.25) is 0 Å². The zero-order valence-electron chi connectivity index (χ0n) is 6.64. The number of amides is 1. The summed E-state index contributed by atoms with van der Waals surface area (Å²) in [5.74, 6) is 0. The fourth-order valence-electron chi connectivity index (χ4n) is 0.741. The summed E-state index contributed by atoms with van der Waals surface area (Å²) in [5, 5.41) is 3.50. The summed E-state index contributed by atoms with van der Waals surface area (Å²) in [6.07, 6.45) is 0. The standard InChI is InChI=1S/C5H8N4O3/c1-8-4(12-2)7-9(3(6)10)5(8)11/h1-2H3,(H2,6,10). The average Bonchev–Trinajstić information content (AvgIpc) is 2.30. The van der Waals surface area contributed by atoms with Gasteiger partial charge in [-0.2, -0.15) is 0 Å². The summed E-state index contributed by atoms with van der Waals surface area (Å²) in [7, 11) is 2.76. The molecule has 0 atom stereocenters. The van der Waals surface area contributed by atoms with E-state index in [9.17, 15) is 9.59 Å². The Bertz CT molecular complexity index is 363. The molecular formula is C5H8N4O3. The Balaban J connectivity index is 3.35. The minimum absolute atomic E-state index is 0.0406. The third-order valence-corrected chi connectivity index (χ3v) is 1.33. The van der Waals surface area contributed by atoms with Crippen LogP contribution in [0.5, 0.6) is 6.01 Å². The first kappa shape index (κ1) is 8.31. The lowest BCUT2D eigenvalue weighted by Crippen LogP contribution is -2.33. The second kappa shape index (κ2) is 2.68. The summed E-state index contributed by atoms with van der Waals surface area (Å²) in [6, 6.07) is -0.891. The number of nitrogens with zero attached hydrogens (tertiary/aromatic N) is 3. The van der Waals surface area contributed by atoms with Crippen molar-refractivity contribution in [2.24, 2.45) is 12.8 Å². The number of aromatic nitrogens is 3. The monoisotopic (exact) mass is 172 g/mol. The third-order valence-electron chi connectivity index (χ3n) is 1.33. The first-order chi connectivity index (χ1) is 5.57. The van der Waals surface area contributed by atoms with Gasteiger partial charge >= 0.3 is 17.7 Å². The van der Waals surface area contributed by atoms with E-state index in [2.05, 4.69) is 9.84 Å². The highest BCUT2D eigenvalue weighted by atomic mass is 16.5. The van der Waals surface area contributed by atoms with Crippen LogP contribution in [0.2, 0.25) is 0 Å². The van der Waals surface area contributed by atoms with Gasteiger partial charge in [-0.15, -0.1) is 9.78 Å². The molecule has 1 amide bonds. The number of hydrogen-bond acceptors (Lipinski definition) is 4. The first-order valence-electron chi connectivity index (χ1n) is 3.07. The molecule has 0 aromatic carbocycles. The molecule has 1 aromatic heterocycles. The molecule has 66 valence electrons. The molecule has 0 radical (unpaired) electrons. The molecular weight excluding hydrogens is 164 g/mol. The van der Waals surface area contributed by atoms with Crippen LogP contribution in [-0.2, 0) is 7.05 Å². The lowest BCUT2D eigenvalue weighted by Gasteiger charge is -1.92. The molecule has 0 saturated heterocycles. The highest BCUT2D eigenvalue weighted by Gasteiger charge is 2.12. The summed E-state index contributed by atoms with van der Waals surface area (Å²) >= 11 is 0. The van der Waals surface area contributed by atoms with Crippen molar-refractivity contribution in [3.05, 3.63) is 10.5 Å². The maximum atomic E-state index is 11.1.